The zero-order valence-electron chi connectivity index (χ0n) is 14.6. The number of carbonyl (C=O) groups excluding carboxylic acids is 1. The van der Waals surface area contributed by atoms with Crippen molar-refractivity contribution in [2.75, 3.05) is 6.61 Å². The van der Waals surface area contributed by atoms with Gasteiger partial charge in [-0.3, -0.25) is 4.79 Å². The number of ether oxygens (including phenoxy) is 1. The van der Waals surface area contributed by atoms with Gasteiger partial charge in [0.25, 0.3) is 5.91 Å². The summed E-state index contributed by atoms with van der Waals surface area (Å²) >= 11 is 0. The molecule has 1 fully saturated rings. The lowest BCUT2D eigenvalue weighted by atomic mass is 10.0. The maximum atomic E-state index is 12.3. The van der Waals surface area contributed by atoms with Crippen molar-refractivity contribution in [1.29, 1.82) is 0 Å². The standard InChI is InChI=1S/C21H25NO2/c1-14-4-7-17(8-5-14)21(18-9-10-18)22-20(23)13-24-19-11-6-15(2)16(3)12-19/h4-8,11-12,18,21H,9-10,13H2,1-3H3,(H,22,23)/t21-/m0/s1. The average molecular weight is 323 g/mol. The first-order chi connectivity index (χ1) is 11.5. The molecule has 1 saturated carbocycles. The second kappa shape index (κ2) is 7.08. The van der Waals surface area contributed by atoms with Crippen LogP contribution in [-0.4, -0.2) is 12.5 Å². The Morgan fingerprint density at radius 3 is 2.42 bits per heavy atom. The number of hydrogen-bond acceptors (Lipinski definition) is 2. The van der Waals surface area contributed by atoms with Crippen LogP contribution in [0.2, 0.25) is 0 Å². The highest BCUT2D eigenvalue weighted by molar-refractivity contribution is 5.78. The summed E-state index contributed by atoms with van der Waals surface area (Å²) < 4.78 is 5.65. The van der Waals surface area contributed by atoms with Crippen molar-refractivity contribution in [3.63, 3.8) is 0 Å². The normalized spacial score (nSPS) is 15.0. The molecule has 3 heteroatoms. The van der Waals surface area contributed by atoms with Gasteiger partial charge in [0.2, 0.25) is 0 Å². The Hall–Kier alpha value is -2.29. The molecule has 0 heterocycles. The van der Waals surface area contributed by atoms with Crippen LogP contribution in [0, 0.1) is 26.7 Å². The van der Waals surface area contributed by atoms with E-state index in [0.717, 1.165) is 5.75 Å². The highest BCUT2D eigenvalue weighted by Gasteiger charge is 2.33. The van der Waals surface area contributed by atoms with Gasteiger partial charge in [0.1, 0.15) is 5.75 Å². The van der Waals surface area contributed by atoms with Gasteiger partial charge in [0.05, 0.1) is 6.04 Å². The first kappa shape index (κ1) is 16.6. The molecule has 1 aliphatic carbocycles. The molecule has 0 unspecified atom stereocenters. The van der Waals surface area contributed by atoms with Crippen LogP contribution in [0.15, 0.2) is 42.5 Å². The van der Waals surface area contributed by atoms with Crippen LogP contribution in [0.5, 0.6) is 5.75 Å². The number of benzene rings is 2. The third-order valence-corrected chi connectivity index (χ3v) is 4.69. The molecular weight excluding hydrogens is 298 g/mol. The maximum Gasteiger partial charge on any atom is 0.258 e. The molecule has 0 aromatic heterocycles. The minimum Gasteiger partial charge on any atom is -0.484 e. The molecule has 0 aliphatic heterocycles. The third kappa shape index (κ3) is 4.16. The van der Waals surface area contributed by atoms with Gasteiger partial charge in [-0.1, -0.05) is 35.9 Å². The van der Waals surface area contributed by atoms with Gasteiger partial charge in [-0.15, -0.1) is 0 Å². The van der Waals surface area contributed by atoms with Crippen molar-refractivity contribution in [3.8, 4) is 5.75 Å². The van der Waals surface area contributed by atoms with Crippen molar-refractivity contribution in [2.45, 2.75) is 39.7 Å². The molecule has 0 bridgehead atoms. The summed E-state index contributed by atoms with van der Waals surface area (Å²) in [5.41, 5.74) is 4.81. The zero-order valence-corrected chi connectivity index (χ0v) is 14.6. The molecule has 2 aromatic rings. The predicted molar refractivity (Wildman–Crippen MR) is 96.2 cm³/mol. The van der Waals surface area contributed by atoms with E-state index < -0.39 is 0 Å². The van der Waals surface area contributed by atoms with E-state index in [1.54, 1.807) is 0 Å². The molecule has 0 spiro atoms. The molecule has 24 heavy (non-hydrogen) atoms. The highest BCUT2D eigenvalue weighted by Crippen LogP contribution is 2.41. The summed E-state index contributed by atoms with van der Waals surface area (Å²) in [4.78, 5) is 12.3. The van der Waals surface area contributed by atoms with Crippen LogP contribution in [0.3, 0.4) is 0 Å². The lowest BCUT2D eigenvalue weighted by Gasteiger charge is -2.19. The number of amides is 1. The second-order valence-electron chi connectivity index (χ2n) is 6.83. The predicted octanol–water partition coefficient (Wildman–Crippen LogP) is 4.26. The molecular formula is C21H25NO2. The van der Waals surface area contributed by atoms with E-state index in [1.165, 1.54) is 35.1 Å². The van der Waals surface area contributed by atoms with Gasteiger partial charge in [0, 0.05) is 0 Å². The van der Waals surface area contributed by atoms with Crippen molar-refractivity contribution >= 4 is 5.91 Å². The summed E-state index contributed by atoms with van der Waals surface area (Å²) in [6.07, 6.45) is 2.35. The Labute approximate surface area is 144 Å². The molecule has 2 aromatic carbocycles. The number of carbonyl (C=O) groups is 1. The van der Waals surface area contributed by atoms with Crippen molar-refractivity contribution in [1.82, 2.24) is 5.32 Å². The van der Waals surface area contributed by atoms with E-state index in [4.69, 9.17) is 4.74 Å². The summed E-state index contributed by atoms with van der Waals surface area (Å²) in [6.45, 7) is 6.24. The molecule has 1 N–H and O–H groups in total. The molecule has 1 amide bonds. The van der Waals surface area contributed by atoms with Crippen LogP contribution in [-0.2, 0) is 4.79 Å². The number of hydrogen-bond donors (Lipinski definition) is 1. The lowest BCUT2D eigenvalue weighted by Crippen LogP contribution is -2.33. The fourth-order valence-electron chi connectivity index (χ4n) is 2.84. The Balaban J connectivity index is 1.59. The topological polar surface area (TPSA) is 38.3 Å². The largest absolute Gasteiger partial charge is 0.484 e. The SMILES string of the molecule is Cc1ccc([C@H](NC(=O)COc2ccc(C)c(C)c2)C2CC2)cc1. The smallest absolute Gasteiger partial charge is 0.258 e. The minimum atomic E-state index is -0.0642. The van der Waals surface area contributed by atoms with Gasteiger partial charge in [-0.25, -0.2) is 0 Å². The van der Waals surface area contributed by atoms with Gasteiger partial charge in [-0.05, 0) is 68.4 Å². The van der Waals surface area contributed by atoms with Crippen LogP contribution in [0.1, 0.15) is 41.1 Å². The number of nitrogens with one attached hydrogen (secondary N) is 1. The summed E-state index contributed by atoms with van der Waals surface area (Å²) in [5.74, 6) is 1.23. The van der Waals surface area contributed by atoms with E-state index in [0.29, 0.717) is 5.92 Å². The molecule has 0 radical (unpaired) electrons. The Bertz CT molecular complexity index is 717. The summed E-state index contributed by atoms with van der Waals surface area (Å²) in [6, 6.07) is 14.4. The summed E-state index contributed by atoms with van der Waals surface area (Å²) in [7, 11) is 0. The quantitative estimate of drug-likeness (QED) is 0.862. The van der Waals surface area contributed by atoms with Crippen LogP contribution in [0.25, 0.3) is 0 Å². The third-order valence-electron chi connectivity index (χ3n) is 4.69. The Morgan fingerprint density at radius 2 is 1.79 bits per heavy atom. The molecule has 1 atom stereocenters. The highest BCUT2D eigenvalue weighted by atomic mass is 16.5. The zero-order chi connectivity index (χ0) is 17.1. The first-order valence-corrected chi connectivity index (χ1v) is 8.59. The average Bonchev–Trinajstić information content (AvgIpc) is 3.39. The van der Waals surface area contributed by atoms with Crippen LogP contribution < -0.4 is 10.1 Å². The second-order valence-corrected chi connectivity index (χ2v) is 6.83. The van der Waals surface area contributed by atoms with Crippen molar-refractivity contribution < 1.29 is 9.53 Å². The molecule has 1 aliphatic rings. The molecule has 0 saturated heterocycles. The molecule has 3 rings (SSSR count). The Kier molecular flexibility index (Phi) is 4.89. The molecule has 3 nitrogen and oxygen atoms in total. The lowest BCUT2D eigenvalue weighted by molar-refractivity contribution is -0.124. The Morgan fingerprint density at radius 1 is 1.08 bits per heavy atom. The van der Waals surface area contributed by atoms with E-state index in [2.05, 4.69) is 43.4 Å². The van der Waals surface area contributed by atoms with E-state index >= 15 is 0 Å². The fraction of sp³-hybridized carbons (Fsp3) is 0.381. The van der Waals surface area contributed by atoms with E-state index in [-0.39, 0.29) is 18.6 Å². The number of aryl methyl sites for hydroxylation is 3. The number of rotatable bonds is 6. The van der Waals surface area contributed by atoms with E-state index in [1.807, 2.05) is 25.1 Å². The van der Waals surface area contributed by atoms with Gasteiger partial charge in [-0.2, -0.15) is 0 Å². The minimum absolute atomic E-state index is 0.0532. The monoisotopic (exact) mass is 323 g/mol. The summed E-state index contributed by atoms with van der Waals surface area (Å²) in [5, 5.41) is 3.15. The van der Waals surface area contributed by atoms with Crippen molar-refractivity contribution in [3.05, 3.63) is 64.7 Å². The van der Waals surface area contributed by atoms with Gasteiger partial charge >= 0.3 is 0 Å². The van der Waals surface area contributed by atoms with E-state index in [9.17, 15) is 4.79 Å². The van der Waals surface area contributed by atoms with Gasteiger partial charge in [0.15, 0.2) is 6.61 Å². The first-order valence-electron chi connectivity index (χ1n) is 8.59. The van der Waals surface area contributed by atoms with Crippen LogP contribution >= 0.6 is 0 Å². The fourth-order valence-corrected chi connectivity index (χ4v) is 2.84. The molecule has 126 valence electrons. The van der Waals surface area contributed by atoms with Gasteiger partial charge < -0.3 is 10.1 Å². The van der Waals surface area contributed by atoms with Crippen LogP contribution in [0.4, 0.5) is 0 Å². The maximum absolute atomic E-state index is 12.3. The van der Waals surface area contributed by atoms with Crippen molar-refractivity contribution in [2.24, 2.45) is 5.92 Å².